The first-order valence-corrected chi connectivity index (χ1v) is 7.36. The first-order chi connectivity index (χ1) is 11.1. The zero-order chi connectivity index (χ0) is 16.4. The molecule has 0 saturated carbocycles. The molecule has 0 fully saturated rings. The Morgan fingerprint density at radius 2 is 1.74 bits per heavy atom. The van der Waals surface area contributed by atoms with Gasteiger partial charge in [0.1, 0.15) is 0 Å². The van der Waals surface area contributed by atoms with Crippen LogP contribution >= 0.6 is 0 Å². The van der Waals surface area contributed by atoms with Crippen LogP contribution in [0.2, 0.25) is 0 Å². The third-order valence-corrected chi connectivity index (χ3v) is 3.84. The molecule has 0 aliphatic heterocycles. The molecule has 116 valence electrons. The van der Waals surface area contributed by atoms with Crippen LogP contribution in [0.4, 0.5) is 0 Å². The van der Waals surface area contributed by atoms with Crippen molar-refractivity contribution in [1.29, 1.82) is 0 Å². The number of rotatable bonds is 3. The number of hydrogen-bond acceptors (Lipinski definition) is 3. The smallest absolute Gasteiger partial charge is 0.274 e. The molecule has 3 aromatic rings. The van der Waals surface area contributed by atoms with Gasteiger partial charge in [-0.05, 0) is 24.6 Å². The van der Waals surface area contributed by atoms with Crippen LogP contribution in [0.5, 0.6) is 0 Å². The minimum Gasteiger partial charge on any atom is -0.346 e. The molecule has 0 spiro atoms. The lowest BCUT2D eigenvalue weighted by Crippen LogP contribution is -2.27. The van der Waals surface area contributed by atoms with E-state index in [1.165, 1.54) is 4.68 Å². The van der Waals surface area contributed by atoms with Crippen LogP contribution in [0.3, 0.4) is 0 Å². The number of carbonyl (C=O) groups is 1. The van der Waals surface area contributed by atoms with Gasteiger partial charge in [-0.25, -0.2) is 4.68 Å². The van der Waals surface area contributed by atoms with E-state index in [0.717, 1.165) is 10.9 Å². The molecular formula is C18H17N3O2. The Balaban J connectivity index is 1.91. The summed E-state index contributed by atoms with van der Waals surface area (Å²) in [5, 5.41) is 8.52. The van der Waals surface area contributed by atoms with E-state index in [-0.39, 0.29) is 18.0 Å². The van der Waals surface area contributed by atoms with Crippen molar-refractivity contribution in [2.24, 2.45) is 7.05 Å². The van der Waals surface area contributed by atoms with Gasteiger partial charge in [-0.3, -0.25) is 9.59 Å². The van der Waals surface area contributed by atoms with E-state index in [0.29, 0.717) is 16.6 Å². The summed E-state index contributed by atoms with van der Waals surface area (Å²) in [5.41, 5.74) is 2.09. The maximum absolute atomic E-state index is 12.3. The lowest BCUT2D eigenvalue weighted by molar-refractivity contribution is 0.0950. The summed E-state index contributed by atoms with van der Waals surface area (Å²) in [6, 6.07) is 14.7. The van der Waals surface area contributed by atoms with Crippen LogP contribution in [0.15, 0.2) is 53.3 Å². The molecule has 1 amide bonds. The highest BCUT2D eigenvalue weighted by molar-refractivity contribution is 5.95. The number of aromatic nitrogens is 2. The summed E-state index contributed by atoms with van der Waals surface area (Å²) in [5.74, 6) is -0.150. The minimum atomic E-state index is -0.150. The van der Waals surface area contributed by atoms with Gasteiger partial charge in [0.25, 0.3) is 11.5 Å². The first-order valence-electron chi connectivity index (χ1n) is 7.36. The average Bonchev–Trinajstić information content (AvgIpc) is 2.57. The van der Waals surface area contributed by atoms with E-state index in [1.807, 2.05) is 43.3 Å². The number of hydrogen-bond donors (Lipinski definition) is 1. The summed E-state index contributed by atoms with van der Waals surface area (Å²) in [7, 11) is 1.61. The number of aryl methyl sites for hydroxylation is 2. The minimum absolute atomic E-state index is 0.144. The number of carbonyl (C=O) groups excluding carboxylic acids is 1. The maximum Gasteiger partial charge on any atom is 0.274 e. The standard InChI is InChI=1S/C18H17N3O2/c1-12-7-3-4-8-13(12)17(22)19-11-16-14-9-5-6-10-15(14)18(23)21(2)20-16/h3-10H,11H2,1-2H3,(H,19,22). The average molecular weight is 307 g/mol. The van der Waals surface area contributed by atoms with Crippen molar-refractivity contribution >= 4 is 16.7 Å². The van der Waals surface area contributed by atoms with Crippen molar-refractivity contribution in [3.63, 3.8) is 0 Å². The number of nitrogens with zero attached hydrogens (tertiary/aromatic N) is 2. The Hall–Kier alpha value is -2.95. The van der Waals surface area contributed by atoms with Gasteiger partial charge in [-0.2, -0.15) is 5.10 Å². The largest absolute Gasteiger partial charge is 0.346 e. The van der Waals surface area contributed by atoms with Gasteiger partial charge in [0.05, 0.1) is 17.6 Å². The molecule has 0 unspecified atom stereocenters. The molecular weight excluding hydrogens is 290 g/mol. The lowest BCUT2D eigenvalue weighted by Gasteiger charge is -2.10. The quantitative estimate of drug-likeness (QED) is 0.806. The topological polar surface area (TPSA) is 64.0 Å². The fraction of sp³-hybridized carbons (Fsp3) is 0.167. The second kappa shape index (κ2) is 6.04. The van der Waals surface area contributed by atoms with Gasteiger partial charge < -0.3 is 5.32 Å². The third kappa shape index (κ3) is 2.85. The zero-order valence-corrected chi connectivity index (χ0v) is 13.0. The Labute approximate surface area is 133 Å². The van der Waals surface area contributed by atoms with E-state index in [9.17, 15) is 9.59 Å². The van der Waals surface area contributed by atoms with E-state index < -0.39 is 0 Å². The van der Waals surface area contributed by atoms with Crippen molar-refractivity contribution in [2.75, 3.05) is 0 Å². The zero-order valence-electron chi connectivity index (χ0n) is 13.0. The van der Waals surface area contributed by atoms with Gasteiger partial charge in [-0.1, -0.05) is 36.4 Å². The number of nitrogens with one attached hydrogen (secondary N) is 1. The molecule has 1 aromatic heterocycles. The molecule has 0 aliphatic carbocycles. The van der Waals surface area contributed by atoms with Crippen LogP contribution in [0.25, 0.3) is 10.8 Å². The lowest BCUT2D eigenvalue weighted by atomic mass is 10.1. The number of benzene rings is 2. The molecule has 5 heteroatoms. The maximum atomic E-state index is 12.3. The van der Waals surface area contributed by atoms with Crippen molar-refractivity contribution in [1.82, 2.24) is 15.1 Å². The summed E-state index contributed by atoms with van der Waals surface area (Å²) >= 11 is 0. The van der Waals surface area contributed by atoms with Crippen LogP contribution in [-0.4, -0.2) is 15.7 Å². The normalized spacial score (nSPS) is 10.7. The summed E-state index contributed by atoms with van der Waals surface area (Å²) < 4.78 is 1.30. The van der Waals surface area contributed by atoms with Gasteiger partial charge in [0, 0.05) is 18.0 Å². The first kappa shape index (κ1) is 15.0. The monoisotopic (exact) mass is 307 g/mol. The number of fused-ring (bicyclic) bond motifs is 1. The van der Waals surface area contributed by atoms with E-state index >= 15 is 0 Å². The Kier molecular flexibility index (Phi) is 3.93. The summed E-state index contributed by atoms with van der Waals surface area (Å²) in [4.78, 5) is 24.4. The second-order valence-corrected chi connectivity index (χ2v) is 5.42. The molecule has 0 saturated heterocycles. The van der Waals surface area contributed by atoms with Crippen molar-refractivity contribution in [3.8, 4) is 0 Å². The molecule has 1 N–H and O–H groups in total. The summed E-state index contributed by atoms with van der Waals surface area (Å²) in [6.07, 6.45) is 0. The Bertz CT molecular complexity index is 944. The van der Waals surface area contributed by atoms with Crippen molar-refractivity contribution in [3.05, 3.63) is 75.7 Å². The molecule has 1 heterocycles. The predicted molar refractivity (Wildman–Crippen MR) is 89.3 cm³/mol. The Morgan fingerprint density at radius 1 is 1.09 bits per heavy atom. The van der Waals surface area contributed by atoms with E-state index in [1.54, 1.807) is 19.2 Å². The molecule has 3 rings (SSSR count). The third-order valence-electron chi connectivity index (χ3n) is 3.84. The highest BCUT2D eigenvalue weighted by atomic mass is 16.1. The number of amides is 1. The van der Waals surface area contributed by atoms with Crippen LogP contribution < -0.4 is 10.9 Å². The SMILES string of the molecule is Cc1ccccc1C(=O)NCc1nn(C)c(=O)c2ccccc12. The van der Waals surface area contributed by atoms with Gasteiger partial charge in [0.15, 0.2) is 0 Å². The molecule has 5 nitrogen and oxygen atoms in total. The molecule has 0 atom stereocenters. The van der Waals surface area contributed by atoms with Crippen LogP contribution in [0.1, 0.15) is 21.6 Å². The fourth-order valence-electron chi connectivity index (χ4n) is 2.59. The fourth-order valence-corrected chi connectivity index (χ4v) is 2.59. The van der Waals surface area contributed by atoms with E-state index in [2.05, 4.69) is 10.4 Å². The van der Waals surface area contributed by atoms with Gasteiger partial charge >= 0.3 is 0 Å². The van der Waals surface area contributed by atoms with Gasteiger partial charge in [0.2, 0.25) is 0 Å². The van der Waals surface area contributed by atoms with Gasteiger partial charge in [-0.15, -0.1) is 0 Å². The predicted octanol–water partition coefficient (Wildman–Crippen LogP) is 2.17. The summed E-state index contributed by atoms with van der Waals surface area (Å²) in [6.45, 7) is 2.16. The van der Waals surface area contributed by atoms with Crippen molar-refractivity contribution in [2.45, 2.75) is 13.5 Å². The molecule has 0 aliphatic rings. The van der Waals surface area contributed by atoms with E-state index in [4.69, 9.17) is 0 Å². The highest BCUT2D eigenvalue weighted by Gasteiger charge is 2.11. The molecule has 0 radical (unpaired) electrons. The molecule has 0 bridgehead atoms. The second-order valence-electron chi connectivity index (χ2n) is 5.42. The molecule has 23 heavy (non-hydrogen) atoms. The van der Waals surface area contributed by atoms with Crippen molar-refractivity contribution < 1.29 is 4.79 Å². The van der Waals surface area contributed by atoms with Crippen LogP contribution in [0, 0.1) is 6.92 Å². The highest BCUT2D eigenvalue weighted by Crippen LogP contribution is 2.13. The Morgan fingerprint density at radius 3 is 2.48 bits per heavy atom. The molecule has 2 aromatic carbocycles. The van der Waals surface area contributed by atoms with Crippen LogP contribution in [-0.2, 0) is 13.6 Å².